The number of hydrogen-bond acceptors (Lipinski definition) is 3. The summed E-state index contributed by atoms with van der Waals surface area (Å²) >= 11 is 0. The Balaban J connectivity index is 1.74. The zero-order valence-electron chi connectivity index (χ0n) is 15.0. The average Bonchev–Trinajstić information content (AvgIpc) is 3.16. The average molecular weight is 337 g/mol. The van der Waals surface area contributed by atoms with Crippen LogP contribution in [0.25, 0.3) is 0 Å². The topological polar surface area (TPSA) is 64.7 Å². The maximum absolute atomic E-state index is 12.7. The monoisotopic (exact) mass is 337 g/mol. The van der Waals surface area contributed by atoms with Gasteiger partial charge in [0.15, 0.2) is 0 Å². The van der Waals surface area contributed by atoms with Gasteiger partial charge in [-0.25, -0.2) is 0 Å². The standard InChI is InChI=1S/C19H23N5O/c1-13(18-14(2)22-23(4)15(18)3)21-19(25)17-8-5-7-16(11-17)12-24-10-6-9-20-24/h5-11,13H,12H2,1-4H3,(H,21,25)/t13-/m0/s1. The molecule has 0 aliphatic carbocycles. The number of carbonyl (C=O) groups is 1. The maximum Gasteiger partial charge on any atom is 0.251 e. The normalized spacial score (nSPS) is 12.2. The van der Waals surface area contributed by atoms with E-state index in [1.54, 1.807) is 6.20 Å². The van der Waals surface area contributed by atoms with Crippen molar-refractivity contribution < 1.29 is 4.79 Å². The number of aryl methyl sites for hydroxylation is 2. The second-order valence-electron chi connectivity index (χ2n) is 6.31. The number of nitrogens with zero attached hydrogens (tertiary/aromatic N) is 4. The molecule has 0 radical (unpaired) electrons. The van der Waals surface area contributed by atoms with Crippen molar-refractivity contribution in [3.8, 4) is 0 Å². The third-order valence-corrected chi connectivity index (χ3v) is 4.44. The Kier molecular flexibility index (Phi) is 4.70. The van der Waals surface area contributed by atoms with E-state index in [4.69, 9.17) is 0 Å². The molecule has 0 bridgehead atoms. The van der Waals surface area contributed by atoms with Crippen LogP contribution in [0.4, 0.5) is 0 Å². The van der Waals surface area contributed by atoms with Crippen LogP contribution in [0.15, 0.2) is 42.7 Å². The Morgan fingerprint density at radius 1 is 1.28 bits per heavy atom. The van der Waals surface area contributed by atoms with Gasteiger partial charge in [-0.05, 0) is 44.5 Å². The second kappa shape index (κ2) is 6.93. The molecule has 1 amide bonds. The number of benzene rings is 1. The van der Waals surface area contributed by atoms with Crippen molar-refractivity contribution in [1.82, 2.24) is 24.9 Å². The van der Waals surface area contributed by atoms with Crippen LogP contribution in [0.1, 0.15) is 45.8 Å². The summed E-state index contributed by atoms with van der Waals surface area (Å²) in [5.74, 6) is -0.0857. The summed E-state index contributed by atoms with van der Waals surface area (Å²) in [7, 11) is 1.92. The van der Waals surface area contributed by atoms with Gasteiger partial charge in [0.05, 0.1) is 18.3 Å². The fraction of sp³-hybridized carbons (Fsp3) is 0.316. The van der Waals surface area contributed by atoms with Crippen molar-refractivity contribution >= 4 is 5.91 Å². The molecule has 0 spiro atoms. The largest absolute Gasteiger partial charge is 0.345 e. The number of rotatable bonds is 5. The lowest BCUT2D eigenvalue weighted by Gasteiger charge is -2.15. The SMILES string of the molecule is Cc1nn(C)c(C)c1[C@H](C)NC(=O)c1cccc(Cn2cccn2)c1. The molecule has 6 heteroatoms. The molecule has 0 saturated carbocycles. The molecule has 0 fully saturated rings. The highest BCUT2D eigenvalue weighted by Crippen LogP contribution is 2.21. The predicted octanol–water partition coefficient (Wildman–Crippen LogP) is 2.77. The number of carbonyl (C=O) groups excluding carboxylic acids is 1. The van der Waals surface area contributed by atoms with E-state index in [1.807, 2.05) is 73.7 Å². The van der Waals surface area contributed by atoms with Gasteiger partial charge in [-0.3, -0.25) is 14.2 Å². The van der Waals surface area contributed by atoms with Gasteiger partial charge < -0.3 is 5.32 Å². The maximum atomic E-state index is 12.7. The number of nitrogens with one attached hydrogen (secondary N) is 1. The minimum absolute atomic E-state index is 0.0857. The third kappa shape index (κ3) is 3.63. The number of hydrogen-bond donors (Lipinski definition) is 1. The van der Waals surface area contributed by atoms with Gasteiger partial charge in [-0.2, -0.15) is 10.2 Å². The predicted molar refractivity (Wildman–Crippen MR) is 96.3 cm³/mol. The van der Waals surface area contributed by atoms with Crippen molar-refractivity contribution in [2.45, 2.75) is 33.4 Å². The molecule has 1 aromatic carbocycles. The minimum atomic E-state index is -0.101. The highest BCUT2D eigenvalue weighted by molar-refractivity contribution is 5.94. The quantitative estimate of drug-likeness (QED) is 0.778. The molecule has 3 rings (SSSR count). The third-order valence-electron chi connectivity index (χ3n) is 4.44. The van der Waals surface area contributed by atoms with E-state index in [-0.39, 0.29) is 11.9 Å². The first-order valence-corrected chi connectivity index (χ1v) is 8.33. The fourth-order valence-corrected chi connectivity index (χ4v) is 3.16. The Bertz CT molecular complexity index is 879. The van der Waals surface area contributed by atoms with Crippen molar-refractivity contribution in [3.05, 3.63) is 70.8 Å². The van der Waals surface area contributed by atoms with Crippen molar-refractivity contribution in [2.75, 3.05) is 0 Å². The van der Waals surface area contributed by atoms with Gasteiger partial charge in [0, 0.05) is 36.3 Å². The van der Waals surface area contributed by atoms with Crippen LogP contribution in [-0.2, 0) is 13.6 Å². The van der Waals surface area contributed by atoms with Gasteiger partial charge in [0.1, 0.15) is 0 Å². The van der Waals surface area contributed by atoms with Crippen LogP contribution in [0, 0.1) is 13.8 Å². The first-order valence-electron chi connectivity index (χ1n) is 8.33. The Labute approximate surface area is 147 Å². The first kappa shape index (κ1) is 17.0. The molecular weight excluding hydrogens is 314 g/mol. The van der Waals surface area contributed by atoms with E-state index >= 15 is 0 Å². The smallest absolute Gasteiger partial charge is 0.251 e. The van der Waals surface area contributed by atoms with Crippen molar-refractivity contribution in [1.29, 1.82) is 0 Å². The summed E-state index contributed by atoms with van der Waals surface area (Å²) in [4.78, 5) is 12.7. The lowest BCUT2D eigenvalue weighted by molar-refractivity contribution is 0.0939. The lowest BCUT2D eigenvalue weighted by atomic mass is 10.1. The summed E-state index contributed by atoms with van der Waals surface area (Å²) in [6, 6.07) is 9.42. The number of amides is 1. The molecule has 1 atom stereocenters. The molecular formula is C19H23N5O. The zero-order valence-corrected chi connectivity index (χ0v) is 15.0. The van der Waals surface area contributed by atoms with Gasteiger partial charge in [0.2, 0.25) is 0 Å². The van der Waals surface area contributed by atoms with Gasteiger partial charge >= 0.3 is 0 Å². The first-order chi connectivity index (χ1) is 12.0. The van der Waals surface area contributed by atoms with Gasteiger partial charge in [-0.15, -0.1) is 0 Å². The Morgan fingerprint density at radius 2 is 2.08 bits per heavy atom. The van der Waals surface area contributed by atoms with Crippen LogP contribution < -0.4 is 5.32 Å². The Hall–Kier alpha value is -2.89. The molecule has 0 unspecified atom stereocenters. The van der Waals surface area contributed by atoms with E-state index in [9.17, 15) is 4.79 Å². The summed E-state index contributed by atoms with van der Waals surface area (Å²) in [5, 5.41) is 11.7. The molecule has 6 nitrogen and oxygen atoms in total. The molecule has 2 aromatic heterocycles. The molecule has 25 heavy (non-hydrogen) atoms. The van der Waals surface area contributed by atoms with E-state index in [0.29, 0.717) is 12.1 Å². The highest BCUT2D eigenvalue weighted by Gasteiger charge is 2.18. The van der Waals surface area contributed by atoms with Crippen LogP contribution >= 0.6 is 0 Å². The highest BCUT2D eigenvalue weighted by atomic mass is 16.1. The molecule has 130 valence electrons. The molecule has 0 saturated heterocycles. The van der Waals surface area contributed by atoms with E-state index in [2.05, 4.69) is 15.5 Å². The molecule has 1 N–H and O–H groups in total. The van der Waals surface area contributed by atoms with E-state index in [1.165, 1.54) is 0 Å². The van der Waals surface area contributed by atoms with Crippen LogP contribution in [0.2, 0.25) is 0 Å². The van der Waals surface area contributed by atoms with E-state index < -0.39 is 0 Å². The fourth-order valence-electron chi connectivity index (χ4n) is 3.16. The summed E-state index contributed by atoms with van der Waals surface area (Å²) < 4.78 is 3.68. The second-order valence-corrected chi connectivity index (χ2v) is 6.31. The lowest BCUT2D eigenvalue weighted by Crippen LogP contribution is -2.27. The summed E-state index contributed by atoms with van der Waals surface area (Å²) in [5.41, 5.74) is 4.77. The van der Waals surface area contributed by atoms with Crippen molar-refractivity contribution in [2.24, 2.45) is 7.05 Å². The van der Waals surface area contributed by atoms with Crippen LogP contribution in [-0.4, -0.2) is 25.5 Å². The molecule has 0 aliphatic heterocycles. The zero-order chi connectivity index (χ0) is 18.0. The molecule has 2 heterocycles. The van der Waals surface area contributed by atoms with E-state index in [0.717, 1.165) is 22.5 Å². The Morgan fingerprint density at radius 3 is 2.72 bits per heavy atom. The van der Waals surface area contributed by atoms with Gasteiger partial charge in [0.25, 0.3) is 5.91 Å². The minimum Gasteiger partial charge on any atom is -0.345 e. The van der Waals surface area contributed by atoms with Crippen LogP contribution in [0.5, 0.6) is 0 Å². The summed E-state index contributed by atoms with van der Waals surface area (Å²) in [6.45, 7) is 6.62. The van der Waals surface area contributed by atoms with Crippen LogP contribution in [0.3, 0.4) is 0 Å². The van der Waals surface area contributed by atoms with Crippen molar-refractivity contribution in [3.63, 3.8) is 0 Å². The molecule has 3 aromatic rings. The molecule has 0 aliphatic rings. The number of aromatic nitrogens is 4. The van der Waals surface area contributed by atoms with Gasteiger partial charge in [-0.1, -0.05) is 12.1 Å². The summed E-state index contributed by atoms with van der Waals surface area (Å²) in [6.07, 6.45) is 3.65.